The van der Waals surface area contributed by atoms with Crippen molar-refractivity contribution in [3.63, 3.8) is 0 Å². The van der Waals surface area contributed by atoms with Crippen LogP contribution in [0.5, 0.6) is 0 Å². The number of rotatable bonds is 4. The van der Waals surface area contributed by atoms with Crippen LogP contribution in [-0.2, 0) is 4.74 Å². The molecule has 0 bridgehead atoms. The van der Waals surface area contributed by atoms with Crippen LogP contribution in [0.4, 0.5) is 5.82 Å². The molecule has 2 heterocycles. The van der Waals surface area contributed by atoms with Crippen LogP contribution < -0.4 is 5.32 Å². The summed E-state index contributed by atoms with van der Waals surface area (Å²) in [5.74, 6) is 0.599. The van der Waals surface area contributed by atoms with Crippen molar-refractivity contribution in [2.45, 2.75) is 19.4 Å². The maximum Gasteiger partial charge on any atom is 0.257 e. The van der Waals surface area contributed by atoms with Crippen LogP contribution in [0, 0.1) is 0 Å². The molecule has 5 nitrogen and oxygen atoms in total. The topological polar surface area (TPSA) is 54.5 Å². The summed E-state index contributed by atoms with van der Waals surface area (Å²) in [6.45, 7) is 4.04. The van der Waals surface area contributed by atoms with Gasteiger partial charge in [0.15, 0.2) is 0 Å². The third kappa shape index (κ3) is 3.25. The molecule has 6 heteroatoms. The van der Waals surface area contributed by atoms with Gasteiger partial charge in [-0.15, -0.1) is 0 Å². The predicted octanol–water partition coefficient (Wildman–Crippen LogP) is 2.14. The molecule has 1 aromatic rings. The van der Waals surface area contributed by atoms with Crippen molar-refractivity contribution in [2.24, 2.45) is 0 Å². The van der Waals surface area contributed by atoms with Gasteiger partial charge in [0.1, 0.15) is 5.82 Å². The van der Waals surface area contributed by atoms with E-state index >= 15 is 0 Å². The third-order valence-electron chi connectivity index (χ3n) is 3.20. The van der Waals surface area contributed by atoms with Gasteiger partial charge in [0.2, 0.25) is 0 Å². The van der Waals surface area contributed by atoms with E-state index in [0.717, 1.165) is 24.0 Å². The molecule has 2 rings (SSSR count). The number of aromatic nitrogens is 1. The Morgan fingerprint density at radius 3 is 3.11 bits per heavy atom. The predicted molar refractivity (Wildman–Crippen MR) is 77.4 cm³/mol. The number of pyridine rings is 1. The minimum atomic E-state index is -0.0275. The standard InChI is InChI=1S/C13H18BrN3O2/c1-3-15-12-11(6-9(14)7-16-12)13(18)17(2)10-4-5-19-8-10/h6-7,10H,3-5,8H2,1-2H3,(H,15,16). The molecule has 104 valence electrons. The number of carbonyl (C=O) groups is 1. The molecule has 1 amide bonds. The first-order valence-corrected chi connectivity index (χ1v) is 7.17. The zero-order valence-corrected chi connectivity index (χ0v) is 12.7. The number of carbonyl (C=O) groups excluding carboxylic acids is 1. The summed E-state index contributed by atoms with van der Waals surface area (Å²) in [4.78, 5) is 18.6. The largest absolute Gasteiger partial charge is 0.379 e. The molecule has 1 fully saturated rings. The lowest BCUT2D eigenvalue weighted by atomic mass is 10.1. The molecular formula is C13H18BrN3O2. The fourth-order valence-corrected chi connectivity index (χ4v) is 2.43. The number of nitrogens with one attached hydrogen (secondary N) is 1. The summed E-state index contributed by atoms with van der Waals surface area (Å²) in [5.41, 5.74) is 0.589. The molecular weight excluding hydrogens is 310 g/mol. The minimum Gasteiger partial charge on any atom is -0.379 e. The second-order valence-electron chi connectivity index (χ2n) is 4.51. The van der Waals surface area contributed by atoms with E-state index in [1.807, 2.05) is 14.0 Å². The molecule has 1 unspecified atom stereocenters. The second-order valence-corrected chi connectivity index (χ2v) is 5.43. The summed E-state index contributed by atoms with van der Waals surface area (Å²) in [7, 11) is 1.82. The van der Waals surface area contributed by atoms with E-state index in [-0.39, 0.29) is 11.9 Å². The lowest BCUT2D eigenvalue weighted by Crippen LogP contribution is -2.37. The van der Waals surface area contributed by atoms with Gasteiger partial charge in [0.05, 0.1) is 18.2 Å². The van der Waals surface area contributed by atoms with Crippen molar-refractivity contribution < 1.29 is 9.53 Å². The zero-order valence-electron chi connectivity index (χ0n) is 11.1. The molecule has 1 aliphatic rings. The molecule has 0 aliphatic carbocycles. The van der Waals surface area contributed by atoms with Crippen molar-refractivity contribution in [3.05, 3.63) is 22.3 Å². The van der Waals surface area contributed by atoms with Gasteiger partial charge in [-0.3, -0.25) is 4.79 Å². The highest BCUT2D eigenvalue weighted by Gasteiger charge is 2.26. The van der Waals surface area contributed by atoms with E-state index in [2.05, 4.69) is 26.2 Å². The Labute approximate surface area is 121 Å². The molecule has 1 atom stereocenters. The van der Waals surface area contributed by atoms with Gasteiger partial charge in [-0.05, 0) is 35.3 Å². The number of halogens is 1. The molecule has 1 N–H and O–H groups in total. The quantitative estimate of drug-likeness (QED) is 0.920. The summed E-state index contributed by atoms with van der Waals surface area (Å²) < 4.78 is 6.13. The van der Waals surface area contributed by atoms with Crippen molar-refractivity contribution in [1.82, 2.24) is 9.88 Å². The lowest BCUT2D eigenvalue weighted by molar-refractivity contribution is 0.0712. The van der Waals surface area contributed by atoms with E-state index in [1.165, 1.54) is 0 Å². The van der Waals surface area contributed by atoms with E-state index in [0.29, 0.717) is 18.0 Å². The van der Waals surface area contributed by atoms with Crippen LogP contribution in [0.15, 0.2) is 16.7 Å². The first-order chi connectivity index (χ1) is 9.13. The summed E-state index contributed by atoms with van der Waals surface area (Å²) >= 11 is 3.36. The smallest absolute Gasteiger partial charge is 0.257 e. The van der Waals surface area contributed by atoms with E-state index in [9.17, 15) is 4.79 Å². The fourth-order valence-electron chi connectivity index (χ4n) is 2.09. The lowest BCUT2D eigenvalue weighted by Gasteiger charge is -2.24. The van der Waals surface area contributed by atoms with Crippen LogP contribution in [0.1, 0.15) is 23.7 Å². The maximum atomic E-state index is 12.5. The van der Waals surface area contributed by atoms with Crippen molar-refractivity contribution in [1.29, 1.82) is 0 Å². The number of amides is 1. The number of hydrogen-bond acceptors (Lipinski definition) is 4. The van der Waals surface area contributed by atoms with Gasteiger partial charge in [-0.25, -0.2) is 4.98 Å². The number of likely N-dealkylation sites (N-methyl/N-ethyl adjacent to an activating group) is 1. The van der Waals surface area contributed by atoms with Gasteiger partial charge < -0.3 is 15.0 Å². The Balaban J connectivity index is 2.23. The first kappa shape index (κ1) is 14.3. The van der Waals surface area contributed by atoms with Crippen LogP contribution in [0.25, 0.3) is 0 Å². The Kier molecular flexibility index (Phi) is 4.76. The SMILES string of the molecule is CCNc1ncc(Br)cc1C(=O)N(C)C1CCOC1. The second kappa shape index (κ2) is 6.34. The van der Waals surface area contributed by atoms with Crippen LogP contribution >= 0.6 is 15.9 Å². The normalized spacial score (nSPS) is 18.4. The number of hydrogen-bond donors (Lipinski definition) is 1. The highest BCUT2D eigenvalue weighted by atomic mass is 79.9. The Morgan fingerprint density at radius 1 is 1.68 bits per heavy atom. The summed E-state index contributed by atoms with van der Waals surface area (Å²) in [6, 6.07) is 1.96. The van der Waals surface area contributed by atoms with Crippen molar-refractivity contribution in [3.8, 4) is 0 Å². The first-order valence-electron chi connectivity index (χ1n) is 6.37. The monoisotopic (exact) mass is 327 g/mol. The Hall–Kier alpha value is -1.14. The van der Waals surface area contributed by atoms with E-state index in [1.54, 1.807) is 17.2 Å². The highest BCUT2D eigenvalue weighted by molar-refractivity contribution is 9.10. The maximum absolute atomic E-state index is 12.5. The Morgan fingerprint density at radius 2 is 2.47 bits per heavy atom. The molecule has 19 heavy (non-hydrogen) atoms. The van der Waals surface area contributed by atoms with Crippen molar-refractivity contribution >= 4 is 27.7 Å². The summed E-state index contributed by atoms with van der Waals surface area (Å²) in [6.07, 6.45) is 2.58. The molecule has 0 saturated carbocycles. The molecule has 1 aromatic heterocycles. The van der Waals surface area contributed by atoms with Crippen LogP contribution in [0.3, 0.4) is 0 Å². The summed E-state index contributed by atoms with van der Waals surface area (Å²) in [5, 5.41) is 3.12. The molecule has 0 radical (unpaired) electrons. The average Bonchev–Trinajstić information content (AvgIpc) is 2.93. The zero-order chi connectivity index (χ0) is 13.8. The van der Waals surface area contributed by atoms with Crippen molar-refractivity contribution in [2.75, 3.05) is 32.1 Å². The number of anilines is 1. The highest BCUT2D eigenvalue weighted by Crippen LogP contribution is 2.21. The average molecular weight is 328 g/mol. The van der Waals surface area contributed by atoms with E-state index in [4.69, 9.17) is 4.74 Å². The third-order valence-corrected chi connectivity index (χ3v) is 3.64. The van der Waals surface area contributed by atoms with E-state index < -0.39 is 0 Å². The van der Waals surface area contributed by atoms with Gasteiger partial charge in [0, 0.05) is 30.9 Å². The molecule has 0 spiro atoms. The molecule has 0 aromatic carbocycles. The number of ether oxygens (including phenoxy) is 1. The Bertz CT molecular complexity index is 461. The molecule has 1 saturated heterocycles. The van der Waals surface area contributed by atoms with Gasteiger partial charge in [-0.2, -0.15) is 0 Å². The van der Waals surface area contributed by atoms with Crippen LogP contribution in [0.2, 0.25) is 0 Å². The van der Waals surface area contributed by atoms with Crippen LogP contribution in [-0.4, -0.2) is 48.6 Å². The molecule has 1 aliphatic heterocycles. The fraction of sp³-hybridized carbons (Fsp3) is 0.538. The van der Waals surface area contributed by atoms with Gasteiger partial charge >= 0.3 is 0 Å². The van der Waals surface area contributed by atoms with Gasteiger partial charge in [0.25, 0.3) is 5.91 Å². The number of nitrogens with zero attached hydrogens (tertiary/aromatic N) is 2. The van der Waals surface area contributed by atoms with Gasteiger partial charge in [-0.1, -0.05) is 0 Å². The minimum absolute atomic E-state index is 0.0275.